The van der Waals surface area contributed by atoms with Crippen LogP contribution in [-0.4, -0.2) is 56.6 Å². The SMILES string of the molecule is Cc1nn(Cc2csc(C(=O)N3CCN(Cc4cccc(Br)c4)CC3)c2)c(C)c1[N+](=O)[O-]. The maximum atomic E-state index is 13.0. The molecule has 1 saturated heterocycles. The molecule has 1 aromatic carbocycles. The minimum Gasteiger partial charge on any atom is -0.335 e. The summed E-state index contributed by atoms with van der Waals surface area (Å²) in [5.41, 5.74) is 3.16. The van der Waals surface area contributed by atoms with E-state index in [0.29, 0.717) is 35.9 Å². The highest BCUT2D eigenvalue weighted by Crippen LogP contribution is 2.24. The first-order chi connectivity index (χ1) is 15.3. The Hall–Kier alpha value is -2.56. The normalized spacial score (nSPS) is 14.7. The topological polar surface area (TPSA) is 84.5 Å². The number of nitro groups is 1. The van der Waals surface area contributed by atoms with Crippen molar-refractivity contribution in [2.75, 3.05) is 26.2 Å². The van der Waals surface area contributed by atoms with E-state index < -0.39 is 4.92 Å². The molecule has 32 heavy (non-hydrogen) atoms. The molecule has 0 atom stereocenters. The standard InChI is InChI=1S/C22H24BrN5O3S/c1-15-21(28(30)31)16(2)27(24-15)13-18-11-20(32-14-18)22(29)26-8-6-25(7-9-26)12-17-4-3-5-19(23)10-17/h3-5,10-11,14H,6-9,12-13H2,1-2H3. The average molecular weight is 518 g/mol. The lowest BCUT2D eigenvalue weighted by Crippen LogP contribution is -2.48. The van der Waals surface area contributed by atoms with E-state index in [2.05, 4.69) is 38.1 Å². The van der Waals surface area contributed by atoms with Crippen LogP contribution in [0.2, 0.25) is 0 Å². The van der Waals surface area contributed by atoms with Gasteiger partial charge in [-0.05, 0) is 48.6 Å². The third-order valence-corrected chi connectivity index (χ3v) is 7.14. The van der Waals surface area contributed by atoms with Gasteiger partial charge < -0.3 is 4.90 Å². The second kappa shape index (κ2) is 9.51. The summed E-state index contributed by atoms with van der Waals surface area (Å²) in [7, 11) is 0. The van der Waals surface area contributed by atoms with Gasteiger partial charge in [-0.2, -0.15) is 5.10 Å². The highest BCUT2D eigenvalue weighted by molar-refractivity contribution is 9.10. The predicted octanol–water partition coefficient (Wildman–Crippen LogP) is 4.24. The van der Waals surface area contributed by atoms with Crippen molar-refractivity contribution >= 4 is 38.9 Å². The van der Waals surface area contributed by atoms with Crippen LogP contribution >= 0.6 is 27.3 Å². The second-order valence-corrected chi connectivity index (χ2v) is 9.78. The smallest absolute Gasteiger partial charge is 0.312 e. The molecule has 0 spiro atoms. The number of nitrogens with zero attached hydrogens (tertiary/aromatic N) is 5. The Balaban J connectivity index is 1.35. The van der Waals surface area contributed by atoms with E-state index in [4.69, 9.17) is 0 Å². The number of hydrogen-bond donors (Lipinski definition) is 0. The van der Waals surface area contributed by atoms with Gasteiger partial charge in [-0.1, -0.05) is 28.1 Å². The summed E-state index contributed by atoms with van der Waals surface area (Å²) in [5.74, 6) is 0.0442. The summed E-state index contributed by atoms with van der Waals surface area (Å²) in [6, 6.07) is 10.2. The number of carbonyl (C=O) groups is 1. The fraction of sp³-hybridized carbons (Fsp3) is 0.364. The van der Waals surface area contributed by atoms with E-state index in [1.807, 2.05) is 28.5 Å². The maximum absolute atomic E-state index is 13.0. The number of halogens is 1. The van der Waals surface area contributed by atoms with Gasteiger partial charge in [-0.3, -0.25) is 24.5 Å². The van der Waals surface area contributed by atoms with Crippen LogP contribution in [0.5, 0.6) is 0 Å². The van der Waals surface area contributed by atoms with Crippen molar-refractivity contribution in [3.05, 3.63) is 77.7 Å². The van der Waals surface area contributed by atoms with Gasteiger partial charge >= 0.3 is 5.69 Å². The zero-order chi connectivity index (χ0) is 22.8. The molecule has 0 N–H and O–H groups in total. The van der Waals surface area contributed by atoms with Crippen LogP contribution in [0.1, 0.15) is 32.2 Å². The Kier molecular flexibility index (Phi) is 6.73. The lowest BCUT2D eigenvalue weighted by molar-refractivity contribution is -0.386. The molecule has 1 aliphatic rings. The van der Waals surface area contributed by atoms with Crippen molar-refractivity contribution in [3.63, 3.8) is 0 Å². The molecule has 3 heterocycles. The molecule has 0 saturated carbocycles. The molecule has 0 unspecified atom stereocenters. The molecular weight excluding hydrogens is 494 g/mol. The summed E-state index contributed by atoms with van der Waals surface area (Å²) in [6.07, 6.45) is 0. The molecule has 2 aromatic heterocycles. The van der Waals surface area contributed by atoms with Gasteiger partial charge in [0.05, 0.1) is 16.3 Å². The number of benzene rings is 1. The number of thiophene rings is 1. The van der Waals surface area contributed by atoms with Crippen molar-refractivity contribution < 1.29 is 9.72 Å². The number of amides is 1. The molecule has 0 bridgehead atoms. The van der Waals surface area contributed by atoms with Gasteiger partial charge in [-0.15, -0.1) is 11.3 Å². The molecule has 0 aliphatic carbocycles. The van der Waals surface area contributed by atoms with E-state index in [-0.39, 0.29) is 11.6 Å². The molecular formula is C22H24BrN5O3S. The number of aromatic nitrogens is 2. The van der Waals surface area contributed by atoms with E-state index in [1.54, 1.807) is 18.5 Å². The fourth-order valence-electron chi connectivity index (χ4n) is 4.01. The van der Waals surface area contributed by atoms with Crippen LogP contribution in [-0.2, 0) is 13.1 Å². The van der Waals surface area contributed by atoms with Crippen molar-refractivity contribution in [3.8, 4) is 0 Å². The number of rotatable bonds is 6. The number of aryl methyl sites for hydroxylation is 1. The first kappa shape index (κ1) is 22.6. The monoisotopic (exact) mass is 517 g/mol. The Bertz CT molecular complexity index is 1150. The van der Waals surface area contributed by atoms with Gasteiger partial charge in [0.25, 0.3) is 5.91 Å². The van der Waals surface area contributed by atoms with Gasteiger partial charge in [0.1, 0.15) is 11.4 Å². The quantitative estimate of drug-likeness (QED) is 0.360. The van der Waals surface area contributed by atoms with Crippen LogP contribution in [0, 0.1) is 24.0 Å². The lowest BCUT2D eigenvalue weighted by atomic mass is 10.2. The van der Waals surface area contributed by atoms with Gasteiger partial charge in [0.15, 0.2) is 0 Å². The summed E-state index contributed by atoms with van der Waals surface area (Å²) in [5, 5.41) is 17.4. The van der Waals surface area contributed by atoms with Crippen LogP contribution in [0.25, 0.3) is 0 Å². The first-order valence-corrected chi connectivity index (χ1v) is 12.0. The third kappa shape index (κ3) is 4.92. The van der Waals surface area contributed by atoms with E-state index >= 15 is 0 Å². The van der Waals surface area contributed by atoms with Crippen LogP contribution in [0.15, 0.2) is 40.2 Å². The third-order valence-electron chi connectivity index (χ3n) is 5.68. The molecule has 8 nitrogen and oxygen atoms in total. The fourth-order valence-corrected chi connectivity index (χ4v) is 5.32. The molecule has 4 rings (SSSR count). The van der Waals surface area contributed by atoms with Gasteiger partial charge in [0, 0.05) is 37.2 Å². The average Bonchev–Trinajstić information content (AvgIpc) is 3.32. The van der Waals surface area contributed by atoms with Crippen molar-refractivity contribution in [2.24, 2.45) is 0 Å². The summed E-state index contributed by atoms with van der Waals surface area (Å²) in [6.45, 7) is 7.69. The molecule has 1 aliphatic heterocycles. The van der Waals surface area contributed by atoms with Crippen LogP contribution in [0.4, 0.5) is 5.69 Å². The van der Waals surface area contributed by atoms with Crippen LogP contribution in [0.3, 0.4) is 0 Å². The molecule has 10 heteroatoms. The predicted molar refractivity (Wildman–Crippen MR) is 127 cm³/mol. The van der Waals surface area contributed by atoms with Gasteiger partial charge in [-0.25, -0.2) is 0 Å². The number of carbonyl (C=O) groups excluding carboxylic acids is 1. The molecule has 168 valence electrons. The summed E-state index contributed by atoms with van der Waals surface area (Å²) in [4.78, 5) is 28.8. The summed E-state index contributed by atoms with van der Waals surface area (Å²) >= 11 is 4.93. The zero-order valence-electron chi connectivity index (χ0n) is 18.0. The molecule has 0 radical (unpaired) electrons. The Morgan fingerprint density at radius 3 is 2.56 bits per heavy atom. The van der Waals surface area contributed by atoms with E-state index in [0.717, 1.165) is 29.7 Å². The lowest BCUT2D eigenvalue weighted by Gasteiger charge is -2.34. The Morgan fingerprint density at radius 2 is 1.91 bits per heavy atom. The Labute approximate surface area is 198 Å². The van der Waals surface area contributed by atoms with E-state index in [1.165, 1.54) is 16.9 Å². The number of hydrogen-bond acceptors (Lipinski definition) is 6. The van der Waals surface area contributed by atoms with Crippen LogP contribution < -0.4 is 0 Å². The largest absolute Gasteiger partial charge is 0.335 e. The first-order valence-electron chi connectivity index (χ1n) is 10.3. The second-order valence-electron chi connectivity index (χ2n) is 7.95. The van der Waals surface area contributed by atoms with E-state index in [9.17, 15) is 14.9 Å². The molecule has 1 amide bonds. The van der Waals surface area contributed by atoms with Crippen molar-refractivity contribution in [2.45, 2.75) is 26.9 Å². The summed E-state index contributed by atoms with van der Waals surface area (Å²) < 4.78 is 2.71. The van der Waals surface area contributed by atoms with Crippen molar-refractivity contribution in [1.82, 2.24) is 19.6 Å². The highest BCUT2D eigenvalue weighted by atomic mass is 79.9. The van der Waals surface area contributed by atoms with Crippen molar-refractivity contribution in [1.29, 1.82) is 0 Å². The maximum Gasteiger partial charge on any atom is 0.312 e. The zero-order valence-corrected chi connectivity index (χ0v) is 20.4. The molecule has 1 fully saturated rings. The highest BCUT2D eigenvalue weighted by Gasteiger charge is 2.25. The minimum absolute atomic E-state index is 0.0442. The number of piperazine rings is 1. The minimum atomic E-state index is -0.396. The Morgan fingerprint density at radius 1 is 1.16 bits per heavy atom. The molecule has 3 aromatic rings. The van der Waals surface area contributed by atoms with Gasteiger partial charge in [0.2, 0.25) is 0 Å².